The Balaban J connectivity index is 1.41. The molecule has 1 aromatic heterocycles. The maximum absolute atomic E-state index is 8.91. The van der Waals surface area contributed by atoms with Crippen LogP contribution in [0.15, 0.2) is 29.6 Å². The van der Waals surface area contributed by atoms with E-state index in [1.54, 1.807) is 11.3 Å². The number of hydrogen-bond donors (Lipinski definition) is 0. The molecule has 3 nitrogen and oxygen atoms in total. The Morgan fingerprint density at radius 2 is 1.75 bits per heavy atom. The van der Waals surface area contributed by atoms with Crippen molar-refractivity contribution in [3.63, 3.8) is 0 Å². The summed E-state index contributed by atoms with van der Waals surface area (Å²) in [7, 11) is 0. The summed E-state index contributed by atoms with van der Waals surface area (Å²) in [5.74, 6) is 0.625. The van der Waals surface area contributed by atoms with Crippen LogP contribution >= 0.6 is 11.3 Å². The molecular weight excluding hydrogens is 314 g/mol. The molecule has 0 bridgehead atoms. The van der Waals surface area contributed by atoms with E-state index in [2.05, 4.69) is 16.3 Å². The van der Waals surface area contributed by atoms with Crippen LogP contribution in [0.1, 0.15) is 55.0 Å². The molecule has 1 aromatic carbocycles. The number of hydrogen-bond acceptors (Lipinski definition) is 4. The zero-order chi connectivity index (χ0) is 16.4. The van der Waals surface area contributed by atoms with Crippen molar-refractivity contribution in [1.82, 2.24) is 9.88 Å². The second kappa shape index (κ2) is 7.04. The molecule has 0 spiro atoms. The highest BCUT2D eigenvalue weighted by Crippen LogP contribution is 2.35. The van der Waals surface area contributed by atoms with Crippen molar-refractivity contribution in [3.05, 3.63) is 40.2 Å². The van der Waals surface area contributed by atoms with E-state index in [-0.39, 0.29) is 0 Å². The lowest BCUT2D eigenvalue weighted by Gasteiger charge is -2.35. The third kappa shape index (κ3) is 3.24. The van der Waals surface area contributed by atoms with E-state index in [4.69, 9.17) is 10.2 Å². The highest BCUT2D eigenvalue weighted by molar-refractivity contribution is 7.10. The average molecular weight is 337 g/mol. The van der Waals surface area contributed by atoms with Gasteiger partial charge >= 0.3 is 0 Å². The van der Waals surface area contributed by atoms with Gasteiger partial charge in [-0.3, -0.25) is 0 Å². The Morgan fingerprint density at radius 1 is 1.04 bits per heavy atom. The number of benzene rings is 1. The molecule has 2 aliphatic rings. The molecule has 4 heteroatoms. The summed E-state index contributed by atoms with van der Waals surface area (Å²) < 4.78 is 0. The van der Waals surface area contributed by atoms with E-state index >= 15 is 0 Å². The van der Waals surface area contributed by atoms with Crippen molar-refractivity contribution < 1.29 is 0 Å². The van der Waals surface area contributed by atoms with Crippen LogP contribution in [0, 0.1) is 11.3 Å². The van der Waals surface area contributed by atoms with Gasteiger partial charge in [-0.1, -0.05) is 25.0 Å². The number of piperidine rings is 1. The minimum absolute atomic E-state index is 0.625. The lowest BCUT2D eigenvalue weighted by Crippen LogP contribution is -2.39. The number of thiazole rings is 1. The normalized spacial score (nSPS) is 20.3. The summed E-state index contributed by atoms with van der Waals surface area (Å²) in [4.78, 5) is 7.62. The van der Waals surface area contributed by atoms with Gasteiger partial charge in [-0.05, 0) is 50.9 Å². The van der Waals surface area contributed by atoms with E-state index < -0.39 is 0 Å². The van der Waals surface area contributed by atoms with Gasteiger partial charge in [0.2, 0.25) is 0 Å². The second-order valence-corrected chi connectivity index (χ2v) is 7.90. The predicted octanol–water partition coefficient (Wildman–Crippen LogP) is 4.80. The van der Waals surface area contributed by atoms with Crippen LogP contribution < -0.4 is 0 Å². The number of likely N-dealkylation sites (tertiary alicyclic amines) is 1. The molecule has 0 atom stereocenters. The lowest BCUT2D eigenvalue weighted by molar-refractivity contribution is 0.154. The van der Waals surface area contributed by atoms with Gasteiger partial charge in [0.15, 0.2) is 0 Å². The van der Waals surface area contributed by atoms with Crippen LogP contribution in [0.5, 0.6) is 0 Å². The third-order valence-corrected chi connectivity index (χ3v) is 6.56. The maximum Gasteiger partial charge on any atom is 0.0991 e. The maximum atomic E-state index is 8.91. The summed E-state index contributed by atoms with van der Waals surface area (Å²) in [5.41, 5.74) is 2.87. The Bertz CT molecular complexity index is 714. The van der Waals surface area contributed by atoms with Crippen molar-refractivity contribution in [2.75, 3.05) is 13.1 Å². The Labute approximate surface area is 148 Å². The Morgan fingerprint density at radius 3 is 2.42 bits per heavy atom. The molecule has 1 saturated carbocycles. The monoisotopic (exact) mass is 337 g/mol. The molecule has 0 unspecified atom stereocenters. The van der Waals surface area contributed by atoms with E-state index in [1.165, 1.54) is 56.6 Å². The van der Waals surface area contributed by atoms with Crippen LogP contribution in [0.25, 0.3) is 11.3 Å². The van der Waals surface area contributed by atoms with Gasteiger partial charge < -0.3 is 4.90 Å². The van der Waals surface area contributed by atoms with Crippen molar-refractivity contribution in [2.24, 2.45) is 0 Å². The predicted molar refractivity (Wildman–Crippen MR) is 98.1 cm³/mol. The molecule has 0 N–H and O–H groups in total. The molecule has 4 rings (SSSR count). The number of nitrogens with zero attached hydrogens (tertiary/aromatic N) is 3. The van der Waals surface area contributed by atoms with Crippen LogP contribution in [0.4, 0.5) is 0 Å². The van der Waals surface area contributed by atoms with E-state index in [9.17, 15) is 0 Å². The van der Waals surface area contributed by atoms with Crippen LogP contribution in [-0.4, -0.2) is 29.0 Å². The van der Waals surface area contributed by atoms with E-state index in [1.807, 2.05) is 24.3 Å². The first-order valence-electron chi connectivity index (χ1n) is 9.03. The van der Waals surface area contributed by atoms with E-state index in [0.29, 0.717) is 11.5 Å². The molecule has 0 radical (unpaired) electrons. The molecule has 24 heavy (non-hydrogen) atoms. The van der Waals surface area contributed by atoms with Gasteiger partial charge in [-0.25, -0.2) is 4.98 Å². The van der Waals surface area contributed by atoms with Gasteiger partial charge in [-0.15, -0.1) is 11.3 Å². The highest BCUT2D eigenvalue weighted by atomic mass is 32.1. The first kappa shape index (κ1) is 15.8. The van der Waals surface area contributed by atoms with Gasteiger partial charge in [0.25, 0.3) is 0 Å². The Kier molecular flexibility index (Phi) is 4.64. The molecular formula is C20H23N3S. The number of rotatable bonds is 3. The second-order valence-electron chi connectivity index (χ2n) is 7.01. The Hall–Kier alpha value is -1.70. The SMILES string of the molecule is N#Cc1ccc(-c2csc(C3CCN(C4CCCC4)CC3)n2)cc1. The summed E-state index contributed by atoms with van der Waals surface area (Å²) in [6, 6.07) is 10.8. The summed E-state index contributed by atoms with van der Waals surface area (Å²) in [6.07, 6.45) is 8.15. The van der Waals surface area contributed by atoms with E-state index in [0.717, 1.165) is 17.3 Å². The summed E-state index contributed by atoms with van der Waals surface area (Å²) in [5, 5.41) is 12.4. The molecule has 2 fully saturated rings. The van der Waals surface area contributed by atoms with Crippen LogP contribution in [-0.2, 0) is 0 Å². The molecule has 2 aromatic rings. The zero-order valence-electron chi connectivity index (χ0n) is 13.9. The average Bonchev–Trinajstić information content (AvgIpc) is 3.34. The van der Waals surface area contributed by atoms with Crippen molar-refractivity contribution >= 4 is 11.3 Å². The fraction of sp³-hybridized carbons (Fsp3) is 0.500. The zero-order valence-corrected chi connectivity index (χ0v) is 14.8. The lowest BCUT2D eigenvalue weighted by atomic mass is 9.96. The first-order valence-corrected chi connectivity index (χ1v) is 9.91. The van der Waals surface area contributed by atoms with Gasteiger partial charge in [0.1, 0.15) is 0 Å². The van der Waals surface area contributed by atoms with Crippen LogP contribution in [0.3, 0.4) is 0 Å². The smallest absolute Gasteiger partial charge is 0.0991 e. The van der Waals surface area contributed by atoms with Gasteiger partial charge in [-0.2, -0.15) is 5.26 Å². The fourth-order valence-corrected chi connectivity index (χ4v) is 5.10. The van der Waals surface area contributed by atoms with Crippen molar-refractivity contribution in [1.29, 1.82) is 5.26 Å². The molecule has 2 heterocycles. The summed E-state index contributed by atoms with van der Waals surface area (Å²) >= 11 is 1.80. The molecule has 1 saturated heterocycles. The van der Waals surface area contributed by atoms with Crippen LogP contribution in [0.2, 0.25) is 0 Å². The molecule has 1 aliphatic carbocycles. The summed E-state index contributed by atoms with van der Waals surface area (Å²) in [6.45, 7) is 2.47. The van der Waals surface area contributed by atoms with Crippen molar-refractivity contribution in [2.45, 2.75) is 50.5 Å². The largest absolute Gasteiger partial charge is 0.300 e. The molecule has 1 aliphatic heterocycles. The van der Waals surface area contributed by atoms with Gasteiger partial charge in [0, 0.05) is 22.9 Å². The van der Waals surface area contributed by atoms with Gasteiger partial charge in [0.05, 0.1) is 22.3 Å². The first-order chi connectivity index (χ1) is 11.8. The number of nitriles is 1. The molecule has 124 valence electrons. The van der Waals surface area contributed by atoms with Crippen molar-refractivity contribution in [3.8, 4) is 17.3 Å². The molecule has 0 amide bonds. The number of aromatic nitrogens is 1. The fourth-order valence-electron chi connectivity index (χ4n) is 4.10. The highest BCUT2D eigenvalue weighted by Gasteiger charge is 2.28. The topological polar surface area (TPSA) is 39.9 Å². The quantitative estimate of drug-likeness (QED) is 0.807. The third-order valence-electron chi connectivity index (χ3n) is 5.55. The standard InChI is InChI=1S/C20H23N3S/c21-13-15-5-7-16(8-6-15)19-14-24-20(22-19)17-9-11-23(12-10-17)18-3-1-2-4-18/h5-8,14,17-18H,1-4,9-12H2. The minimum Gasteiger partial charge on any atom is -0.300 e. The minimum atomic E-state index is 0.625.